The van der Waals surface area contributed by atoms with Crippen LogP contribution < -0.4 is 10.1 Å². The molecule has 0 fully saturated rings. The number of ether oxygens (including phenoxy) is 1. The molecule has 4 rings (SSSR count). The van der Waals surface area contributed by atoms with Gasteiger partial charge in [0.05, 0.1) is 18.1 Å². The molecule has 1 amide bonds. The molecule has 2 aromatic carbocycles. The highest BCUT2D eigenvalue weighted by atomic mass is 32.1. The molecule has 0 spiro atoms. The Bertz CT molecular complexity index is 1060. The average Bonchev–Trinajstić information content (AvgIpc) is 3.17. The fourth-order valence-corrected chi connectivity index (χ4v) is 3.94. The maximum absolute atomic E-state index is 12.6. The van der Waals surface area contributed by atoms with Gasteiger partial charge in [0.15, 0.2) is 4.96 Å². The van der Waals surface area contributed by atoms with Gasteiger partial charge in [0.2, 0.25) is 0 Å². The number of fused-ring (bicyclic) bond motifs is 3. The lowest BCUT2D eigenvalue weighted by atomic mass is 10.2. The summed E-state index contributed by atoms with van der Waals surface area (Å²) in [5, 5.41) is 2.98. The minimum atomic E-state index is -0.0760. The summed E-state index contributed by atoms with van der Waals surface area (Å²) >= 11 is 1.42. The number of amides is 1. The van der Waals surface area contributed by atoms with Crippen LogP contribution >= 0.6 is 11.3 Å². The number of aromatic nitrogens is 2. The van der Waals surface area contributed by atoms with E-state index in [2.05, 4.69) is 10.3 Å². The van der Waals surface area contributed by atoms with Crippen LogP contribution in [-0.4, -0.2) is 22.4 Å². The third-order valence-electron chi connectivity index (χ3n) is 4.21. The molecule has 6 heteroatoms. The molecular formula is C19H17N3O2S. The Morgan fingerprint density at radius 3 is 2.72 bits per heavy atom. The average molecular weight is 351 g/mol. The molecule has 5 nitrogen and oxygen atoms in total. The number of aryl methyl sites for hydroxylation is 1. The first-order chi connectivity index (χ1) is 12.2. The minimum absolute atomic E-state index is 0.0760. The summed E-state index contributed by atoms with van der Waals surface area (Å²) in [7, 11) is 1.64. The van der Waals surface area contributed by atoms with Gasteiger partial charge in [-0.3, -0.25) is 9.20 Å². The standard InChI is InChI=1S/C19H17N3O2S/c1-12-17(18(23)20-11-13-7-9-14(24-2)10-8-13)25-19-21-15-5-3-4-6-16(15)22(12)19/h3-10H,11H2,1-2H3,(H,20,23). The highest BCUT2D eigenvalue weighted by Gasteiger charge is 2.18. The number of rotatable bonds is 4. The molecule has 4 aromatic rings. The Hall–Kier alpha value is -2.86. The maximum atomic E-state index is 12.6. The number of methoxy groups -OCH3 is 1. The second-order valence-corrected chi connectivity index (χ2v) is 6.74. The zero-order valence-corrected chi connectivity index (χ0v) is 14.8. The summed E-state index contributed by atoms with van der Waals surface area (Å²) in [6.45, 7) is 2.43. The number of hydrogen-bond acceptors (Lipinski definition) is 4. The van der Waals surface area contributed by atoms with Crippen molar-refractivity contribution >= 4 is 33.2 Å². The third kappa shape index (κ3) is 2.74. The number of carbonyl (C=O) groups is 1. The van der Waals surface area contributed by atoms with Gasteiger partial charge in [-0.05, 0) is 36.8 Å². The summed E-state index contributed by atoms with van der Waals surface area (Å²) < 4.78 is 7.19. The van der Waals surface area contributed by atoms with E-state index in [1.165, 1.54) is 11.3 Å². The molecule has 0 atom stereocenters. The number of carbonyl (C=O) groups excluding carboxylic acids is 1. The number of nitrogens with zero attached hydrogens (tertiary/aromatic N) is 2. The molecule has 25 heavy (non-hydrogen) atoms. The van der Waals surface area contributed by atoms with Gasteiger partial charge in [-0.1, -0.05) is 35.6 Å². The Morgan fingerprint density at radius 2 is 1.96 bits per heavy atom. The number of imidazole rings is 1. The van der Waals surface area contributed by atoms with Crippen LogP contribution in [0, 0.1) is 6.92 Å². The van der Waals surface area contributed by atoms with Crippen molar-refractivity contribution in [3.8, 4) is 5.75 Å². The van der Waals surface area contributed by atoms with E-state index in [-0.39, 0.29) is 5.91 Å². The Balaban J connectivity index is 1.58. The fourth-order valence-electron chi connectivity index (χ4n) is 2.88. The van der Waals surface area contributed by atoms with Gasteiger partial charge < -0.3 is 10.1 Å². The van der Waals surface area contributed by atoms with E-state index in [0.717, 1.165) is 33.0 Å². The van der Waals surface area contributed by atoms with Crippen LogP contribution in [0.4, 0.5) is 0 Å². The van der Waals surface area contributed by atoms with Crippen LogP contribution in [0.3, 0.4) is 0 Å². The summed E-state index contributed by atoms with van der Waals surface area (Å²) in [4.78, 5) is 18.7. The third-order valence-corrected chi connectivity index (χ3v) is 5.35. The van der Waals surface area contributed by atoms with Crippen molar-refractivity contribution in [1.82, 2.24) is 14.7 Å². The molecule has 0 bridgehead atoms. The monoisotopic (exact) mass is 351 g/mol. The molecule has 2 heterocycles. The van der Waals surface area contributed by atoms with Gasteiger partial charge in [0, 0.05) is 12.2 Å². The van der Waals surface area contributed by atoms with Gasteiger partial charge in [-0.2, -0.15) is 0 Å². The molecule has 0 radical (unpaired) electrons. The molecule has 0 aliphatic rings. The van der Waals surface area contributed by atoms with Crippen molar-refractivity contribution in [1.29, 1.82) is 0 Å². The molecule has 1 N–H and O–H groups in total. The fraction of sp³-hybridized carbons (Fsp3) is 0.158. The van der Waals surface area contributed by atoms with E-state index >= 15 is 0 Å². The van der Waals surface area contributed by atoms with E-state index in [1.54, 1.807) is 7.11 Å². The summed E-state index contributed by atoms with van der Waals surface area (Å²) in [6, 6.07) is 15.6. The molecule has 0 saturated heterocycles. The predicted molar refractivity (Wildman–Crippen MR) is 99.5 cm³/mol. The van der Waals surface area contributed by atoms with Crippen molar-refractivity contribution in [2.24, 2.45) is 0 Å². The molecule has 2 aromatic heterocycles. The van der Waals surface area contributed by atoms with E-state index in [9.17, 15) is 4.79 Å². The van der Waals surface area contributed by atoms with Crippen LogP contribution in [-0.2, 0) is 6.54 Å². The lowest BCUT2D eigenvalue weighted by Gasteiger charge is -2.06. The van der Waals surface area contributed by atoms with Gasteiger partial charge in [-0.25, -0.2) is 4.98 Å². The first-order valence-corrected chi connectivity index (χ1v) is 8.77. The van der Waals surface area contributed by atoms with Crippen LogP contribution in [0.25, 0.3) is 16.0 Å². The van der Waals surface area contributed by atoms with Gasteiger partial charge in [-0.15, -0.1) is 0 Å². The van der Waals surface area contributed by atoms with Gasteiger partial charge >= 0.3 is 0 Å². The Labute approximate surface area is 148 Å². The zero-order valence-electron chi connectivity index (χ0n) is 13.9. The van der Waals surface area contributed by atoms with Crippen molar-refractivity contribution in [3.63, 3.8) is 0 Å². The molecular weight excluding hydrogens is 334 g/mol. The second kappa shape index (κ2) is 6.22. The van der Waals surface area contributed by atoms with Crippen molar-refractivity contribution in [2.75, 3.05) is 7.11 Å². The van der Waals surface area contributed by atoms with Crippen LogP contribution in [0.1, 0.15) is 20.9 Å². The van der Waals surface area contributed by atoms with E-state index in [0.29, 0.717) is 11.4 Å². The summed E-state index contributed by atoms with van der Waals surface area (Å²) in [6.07, 6.45) is 0. The first kappa shape index (κ1) is 15.7. The minimum Gasteiger partial charge on any atom is -0.497 e. The van der Waals surface area contributed by atoms with E-state index in [1.807, 2.05) is 59.9 Å². The molecule has 0 unspecified atom stereocenters. The second-order valence-electron chi connectivity index (χ2n) is 5.77. The van der Waals surface area contributed by atoms with Gasteiger partial charge in [0.1, 0.15) is 10.6 Å². The van der Waals surface area contributed by atoms with Crippen LogP contribution in [0.2, 0.25) is 0 Å². The highest BCUT2D eigenvalue weighted by Crippen LogP contribution is 2.27. The predicted octanol–water partition coefficient (Wildman–Crippen LogP) is 3.80. The number of para-hydroxylation sites is 2. The van der Waals surface area contributed by atoms with Crippen molar-refractivity contribution in [2.45, 2.75) is 13.5 Å². The van der Waals surface area contributed by atoms with Crippen LogP contribution in [0.5, 0.6) is 5.75 Å². The number of nitrogens with one attached hydrogen (secondary N) is 1. The zero-order chi connectivity index (χ0) is 17.4. The molecule has 0 aliphatic heterocycles. The number of benzene rings is 2. The quantitative estimate of drug-likeness (QED) is 0.608. The summed E-state index contributed by atoms with van der Waals surface area (Å²) in [5.74, 6) is 0.727. The van der Waals surface area contributed by atoms with E-state index < -0.39 is 0 Å². The maximum Gasteiger partial charge on any atom is 0.263 e. The largest absolute Gasteiger partial charge is 0.497 e. The van der Waals surface area contributed by atoms with Crippen molar-refractivity contribution in [3.05, 3.63) is 64.7 Å². The summed E-state index contributed by atoms with van der Waals surface area (Å²) in [5.41, 5.74) is 3.92. The van der Waals surface area contributed by atoms with Gasteiger partial charge in [0.25, 0.3) is 5.91 Å². The SMILES string of the molecule is COc1ccc(CNC(=O)c2sc3nc4ccccc4n3c2C)cc1. The topological polar surface area (TPSA) is 55.6 Å². The molecule has 0 aliphatic carbocycles. The van der Waals surface area contributed by atoms with E-state index in [4.69, 9.17) is 4.74 Å². The van der Waals surface area contributed by atoms with Crippen molar-refractivity contribution < 1.29 is 9.53 Å². The Kier molecular flexibility index (Phi) is 3.89. The first-order valence-electron chi connectivity index (χ1n) is 7.95. The lowest BCUT2D eigenvalue weighted by molar-refractivity contribution is 0.0954. The Morgan fingerprint density at radius 1 is 1.20 bits per heavy atom. The smallest absolute Gasteiger partial charge is 0.263 e. The number of hydrogen-bond donors (Lipinski definition) is 1. The molecule has 126 valence electrons. The highest BCUT2D eigenvalue weighted by molar-refractivity contribution is 7.19. The van der Waals surface area contributed by atoms with Crippen LogP contribution in [0.15, 0.2) is 48.5 Å². The number of thiazole rings is 1. The molecule has 0 saturated carbocycles. The normalized spacial score (nSPS) is 11.1. The lowest BCUT2D eigenvalue weighted by Crippen LogP contribution is -2.22.